The van der Waals surface area contributed by atoms with Crippen molar-refractivity contribution in [2.75, 3.05) is 21.3 Å². The Morgan fingerprint density at radius 3 is 2.19 bits per heavy atom. The van der Waals surface area contributed by atoms with Crippen LogP contribution in [0.5, 0.6) is 11.5 Å². The zero-order valence-electron chi connectivity index (χ0n) is 15.7. The molecule has 0 aromatic heterocycles. The van der Waals surface area contributed by atoms with Crippen molar-refractivity contribution in [2.45, 2.75) is 43.7 Å². The van der Waals surface area contributed by atoms with Gasteiger partial charge in [-0.25, -0.2) is 9.59 Å². The molecule has 26 heavy (non-hydrogen) atoms. The van der Waals surface area contributed by atoms with Crippen LogP contribution in [0.2, 0.25) is 0 Å². The Hall–Kier alpha value is -2.16. The van der Waals surface area contributed by atoms with Gasteiger partial charge in [0.1, 0.15) is 11.6 Å². The predicted molar refractivity (Wildman–Crippen MR) is 95.4 cm³/mol. The summed E-state index contributed by atoms with van der Waals surface area (Å²) in [6.45, 7) is 5.10. The Bertz CT molecular complexity index is 647. The third-order valence-electron chi connectivity index (χ3n) is 3.25. The Morgan fingerprint density at radius 2 is 1.73 bits per heavy atom. The summed E-state index contributed by atoms with van der Waals surface area (Å²) in [6.07, 6.45) is -0.791. The number of ether oxygens (including phenoxy) is 4. The smallest absolute Gasteiger partial charge is 0.408 e. The lowest BCUT2D eigenvalue weighted by molar-refractivity contribution is -0.143. The molecule has 1 aromatic rings. The van der Waals surface area contributed by atoms with E-state index in [4.69, 9.17) is 18.9 Å². The molecule has 1 rings (SSSR count). The number of carbonyl (C=O) groups is 2. The van der Waals surface area contributed by atoms with Gasteiger partial charge in [0.2, 0.25) is 0 Å². The van der Waals surface area contributed by atoms with Crippen LogP contribution in [0.1, 0.15) is 26.3 Å². The molecule has 0 bridgehead atoms. The zero-order valence-corrected chi connectivity index (χ0v) is 16.5. The lowest BCUT2D eigenvalue weighted by atomic mass is 10.0. The van der Waals surface area contributed by atoms with Crippen LogP contribution in [0, 0.1) is 0 Å². The maximum Gasteiger partial charge on any atom is 0.408 e. The molecule has 1 unspecified atom stereocenters. The number of amides is 1. The number of halogens is 1. The molecule has 0 fully saturated rings. The van der Waals surface area contributed by atoms with Gasteiger partial charge in [0, 0.05) is 17.4 Å². The highest BCUT2D eigenvalue weighted by atomic mass is 32.2. The average Bonchev–Trinajstić information content (AvgIpc) is 2.58. The highest BCUT2D eigenvalue weighted by Gasteiger charge is 2.27. The van der Waals surface area contributed by atoms with Gasteiger partial charge in [0.15, 0.2) is 11.5 Å². The minimum atomic E-state index is -1.06. The van der Waals surface area contributed by atoms with Crippen molar-refractivity contribution in [3.8, 4) is 11.5 Å². The van der Waals surface area contributed by atoms with Crippen LogP contribution < -0.4 is 14.8 Å². The van der Waals surface area contributed by atoms with Gasteiger partial charge in [-0.15, -0.1) is 0 Å². The van der Waals surface area contributed by atoms with E-state index >= 15 is 0 Å². The average molecular weight is 389 g/mol. The summed E-state index contributed by atoms with van der Waals surface area (Å²) in [4.78, 5) is 24.3. The molecular formula is C17H24FNO6S. The number of nitrogens with one attached hydrogen (secondary N) is 1. The fraction of sp³-hybridized carbons (Fsp3) is 0.529. The molecule has 9 heteroatoms. The molecule has 146 valence electrons. The predicted octanol–water partition coefficient (Wildman–Crippen LogP) is 3.29. The number of hydrogen-bond donors (Lipinski definition) is 1. The van der Waals surface area contributed by atoms with E-state index in [1.165, 1.54) is 27.4 Å². The fourth-order valence-electron chi connectivity index (χ4n) is 2.14. The molecule has 0 radical (unpaired) electrons. The van der Waals surface area contributed by atoms with Crippen molar-refractivity contribution in [1.82, 2.24) is 5.32 Å². The largest absolute Gasteiger partial charge is 0.493 e. The molecule has 0 aliphatic rings. The van der Waals surface area contributed by atoms with Crippen LogP contribution in [0.4, 0.5) is 8.68 Å². The van der Waals surface area contributed by atoms with E-state index in [0.717, 1.165) is 0 Å². The van der Waals surface area contributed by atoms with E-state index in [9.17, 15) is 13.5 Å². The number of methoxy groups -OCH3 is 3. The van der Waals surface area contributed by atoms with E-state index in [1.807, 2.05) is 0 Å². The molecule has 1 N–H and O–H groups in total. The summed E-state index contributed by atoms with van der Waals surface area (Å²) < 4.78 is 33.6. The first-order valence-corrected chi connectivity index (χ1v) is 8.47. The van der Waals surface area contributed by atoms with Crippen LogP contribution >= 0.6 is 12.1 Å². The fourth-order valence-corrected chi connectivity index (χ4v) is 2.53. The van der Waals surface area contributed by atoms with E-state index in [1.54, 1.807) is 26.8 Å². The first-order valence-electron chi connectivity index (χ1n) is 7.76. The highest BCUT2D eigenvalue weighted by Crippen LogP contribution is 2.36. The molecule has 0 spiro atoms. The third-order valence-corrected chi connectivity index (χ3v) is 3.80. The van der Waals surface area contributed by atoms with E-state index in [-0.39, 0.29) is 23.5 Å². The molecule has 1 atom stereocenters. The second-order valence-electron chi connectivity index (χ2n) is 6.32. The van der Waals surface area contributed by atoms with Crippen LogP contribution in [0.25, 0.3) is 0 Å². The van der Waals surface area contributed by atoms with Crippen LogP contribution in [-0.2, 0) is 20.7 Å². The summed E-state index contributed by atoms with van der Waals surface area (Å²) in [7, 11) is 4.08. The minimum Gasteiger partial charge on any atom is -0.493 e. The number of esters is 1. The first kappa shape index (κ1) is 21.9. The van der Waals surface area contributed by atoms with Gasteiger partial charge in [0.25, 0.3) is 0 Å². The van der Waals surface area contributed by atoms with Crippen LogP contribution in [-0.4, -0.2) is 45.0 Å². The van der Waals surface area contributed by atoms with E-state index in [0.29, 0.717) is 17.1 Å². The monoisotopic (exact) mass is 389 g/mol. The zero-order chi connectivity index (χ0) is 19.9. The second-order valence-corrected chi connectivity index (χ2v) is 6.91. The Labute approximate surface area is 156 Å². The maximum atomic E-state index is 13.3. The Balaban J connectivity index is 3.11. The summed E-state index contributed by atoms with van der Waals surface area (Å²) in [5.74, 6) is 0.0488. The topological polar surface area (TPSA) is 83.1 Å². The number of alkyl carbamates (subject to hydrolysis) is 1. The Kier molecular flexibility index (Phi) is 8.01. The normalized spacial score (nSPS) is 12.1. The number of rotatable bonds is 7. The van der Waals surface area contributed by atoms with Gasteiger partial charge in [-0.1, -0.05) is 0 Å². The molecule has 0 saturated heterocycles. The summed E-state index contributed by atoms with van der Waals surface area (Å²) in [5.41, 5.74) is -0.282. The van der Waals surface area contributed by atoms with Crippen LogP contribution in [0.15, 0.2) is 17.0 Å². The summed E-state index contributed by atoms with van der Waals surface area (Å²) in [6, 6.07) is 1.95. The SMILES string of the molecule is COC(=O)C(Cc1cc(OC)c(OC)cc1SF)NC(=O)OC(C)(C)C. The van der Waals surface area contributed by atoms with Gasteiger partial charge >= 0.3 is 12.1 Å². The van der Waals surface area contributed by atoms with Crippen molar-refractivity contribution in [2.24, 2.45) is 0 Å². The number of carbonyl (C=O) groups excluding carboxylic acids is 2. The van der Waals surface area contributed by atoms with Crippen molar-refractivity contribution in [3.63, 3.8) is 0 Å². The Morgan fingerprint density at radius 1 is 1.15 bits per heavy atom. The summed E-state index contributed by atoms with van der Waals surface area (Å²) >= 11 is 0.00272. The van der Waals surface area contributed by atoms with Gasteiger partial charge in [-0.05, 0) is 32.4 Å². The molecule has 1 amide bonds. The van der Waals surface area contributed by atoms with Crippen LogP contribution in [0.3, 0.4) is 0 Å². The third kappa shape index (κ3) is 6.29. The van der Waals surface area contributed by atoms with E-state index in [2.05, 4.69) is 5.32 Å². The van der Waals surface area contributed by atoms with Crippen molar-refractivity contribution in [3.05, 3.63) is 17.7 Å². The molecule has 0 aliphatic heterocycles. The van der Waals surface area contributed by atoms with Gasteiger partial charge in [-0.2, -0.15) is 3.89 Å². The highest BCUT2D eigenvalue weighted by molar-refractivity contribution is 7.94. The van der Waals surface area contributed by atoms with Crippen molar-refractivity contribution >= 4 is 24.2 Å². The molecule has 7 nitrogen and oxygen atoms in total. The lowest BCUT2D eigenvalue weighted by Crippen LogP contribution is -2.45. The first-order chi connectivity index (χ1) is 12.1. The summed E-state index contributed by atoms with van der Waals surface area (Å²) in [5, 5.41) is 2.45. The van der Waals surface area contributed by atoms with Gasteiger partial charge < -0.3 is 24.3 Å². The van der Waals surface area contributed by atoms with Gasteiger partial charge in [0.05, 0.1) is 33.5 Å². The second kappa shape index (κ2) is 9.51. The van der Waals surface area contributed by atoms with Gasteiger partial charge in [-0.3, -0.25) is 0 Å². The number of benzene rings is 1. The maximum absolute atomic E-state index is 13.3. The molecule has 0 saturated carbocycles. The minimum absolute atomic E-state index is 0.00272. The van der Waals surface area contributed by atoms with E-state index < -0.39 is 23.7 Å². The molecular weight excluding hydrogens is 365 g/mol. The van der Waals surface area contributed by atoms with Crippen molar-refractivity contribution < 1.29 is 32.4 Å². The molecule has 0 heterocycles. The number of hydrogen-bond acceptors (Lipinski definition) is 7. The standard InChI is InChI=1S/C17H24FNO6S/c1-17(2,3)25-16(21)19-11(15(20)24-6)7-10-8-12(22-4)13(23-5)9-14(10)26-18/h8-9,11H,7H2,1-6H3,(H,19,21). The van der Waals surface area contributed by atoms with Crippen molar-refractivity contribution in [1.29, 1.82) is 0 Å². The molecule has 1 aromatic carbocycles. The molecule has 0 aliphatic carbocycles. The lowest BCUT2D eigenvalue weighted by Gasteiger charge is -2.23. The quantitative estimate of drug-likeness (QED) is 0.717.